The van der Waals surface area contributed by atoms with Crippen LogP contribution in [0, 0.1) is 0 Å². The van der Waals surface area contributed by atoms with Crippen LogP contribution in [-0.4, -0.2) is 30.2 Å². The highest BCUT2D eigenvalue weighted by Gasteiger charge is 2.18. The molecular formula is C17H17ClN2O3. The van der Waals surface area contributed by atoms with E-state index in [1.54, 1.807) is 30.3 Å². The van der Waals surface area contributed by atoms with E-state index in [0.29, 0.717) is 28.8 Å². The summed E-state index contributed by atoms with van der Waals surface area (Å²) in [4.78, 5) is 16.5. The zero-order valence-electron chi connectivity index (χ0n) is 12.5. The van der Waals surface area contributed by atoms with Gasteiger partial charge in [0.15, 0.2) is 0 Å². The topological polar surface area (TPSA) is 60.5 Å². The Bertz CT molecular complexity index is 670. The predicted octanol–water partition coefficient (Wildman–Crippen LogP) is 3.55. The number of amides is 1. The molecule has 0 saturated carbocycles. The number of hydrogen-bond donors (Lipinski definition) is 1. The Morgan fingerprint density at radius 1 is 1.35 bits per heavy atom. The van der Waals surface area contributed by atoms with Crippen LogP contribution in [0.2, 0.25) is 5.02 Å². The number of nitrogens with one attached hydrogen (secondary N) is 1. The maximum atomic E-state index is 12.4. The van der Waals surface area contributed by atoms with Gasteiger partial charge in [-0.25, -0.2) is 4.98 Å². The van der Waals surface area contributed by atoms with Crippen molar-refractivity contribution in [1.82, 2.24) is 4.98 Å². The first-order valence-corrected chi connectivity index (χ1v) is 7.86. The monoisotopic (exact) mass is 332 g/mol. The van der Waals surface area contributed by atoms with Crippen LogP contribution in [0.3, 0.4) is 0 Å². The van der Waals surface area contributed by atoms with Gasteiger partial charge >= 0.3 is 0 Å². The van der Waals surface area contributed by atoms with Gasteiger partial charge < -0.3 is 14.8 Å². The van der Waals surface area contributed by atoms with Gasteiger partial charge in [-0.15, -0.1) is 0 Å². The van der Waals surface area contributed by atoms with Crippen LogP contribution in [0.4, 0.5) is 5.82 Å². The van der Waals surface area contributed by atoms with Crippen molar-refractivity contribution in [3.8, 4) is 5.75 Å². The molecule has 0 aliphatic carbocycles. The molecule has 1 aliphatic rings. The summed E-state index contributed by atoms with van der Waals surface area (Å²) in [5.41, 5.74) is 0.460. The van der Waals surface area contributed by atoms with Gasteiger partial charge in [0.1, 0.15) is 18.2 Å². The number of rotatable bonds is 5. The molecule has 1 saturated heterocycles. The first-order valence-electron chi connectivity index (χ1n) is 7.49. The number of ether oxygens (including phenoxy) is 2. The average molecular weight is 333 g/mol. The lowest BCUT2D eigenvalue weighted by Gasteiger charge is -2.14. The average Bonchev–Trinajstić information content (AvgIpc) is 3.09. The molecule has 120 valence electrons. The minimum atomic E-state index is -0.275. The third-order valence-corrected chi connectivity index (χ3v) is 3.77. The molecule has 1 aliphatic heterocycles. The highest BCUT2D eigenvalue weighted by molar-refractivity contribution is 6.30. The van der Waals surface area contributed by atoms with Crippen molar-refractivity contribution >= 4 is 23.3 Å². The van der Waals surface area contributed by atoms with Crippen molar-refractivity contribution < 1.29 is 14.3 Å². The van der Waals surface area contributed by atoms with E-state index >= 15 is 0 Å². The lowest BCUT2D eigenvalue weighted by molar-refractivity contribution is 0.0673. The summed E-state index contributed by atoms with van der Waals surface area (Å²) >= 11 is 5.79. The number of carbonyl (C=O) groups is 1. The Kier molecular flexibility index (Phi) is 5.10. The van der Waals surface area contributed by atoms with Gasteiger partial charge in [-0.3, -0.25) is 4.79 Å². The van der Waals surface area contributed by atoms with E-state index in [9.17, 15) is 4.79 Å². The number of halogens is 1. The quantitative estimate of drug-likeness (QED) is 0.909. The van der Waals surface area contributed by atoms with Gasteiger partial charge in [0, 0.05) is 12.8 Å². The molecule has 3 rings (SSSR count). The second kappa shape index (κ2) is 7.44. The molecule has 1 atom stereocenters. The number of aromatic nitrogens is 1. The number of anilines is 1. The van der Waals surface area contributed by atoms with Crippen LogP contribution in [0.5, 0.6) is 5.75 Å². The molecule has 0 spiro atoms. The zero-order chi connectivity index (χ0) is 16.1. The van der Waals surface area contributed by atoms with Gasteiger partial charge in [0.2, 0.25) is 0 Å². The molecule has 6 heteroatoms. The Hall–Kier alpha value is -2.11. The molecule has 1 aromatic carbocycles. The molecule has 2 heterocycles. The van der Waals surface area contributed by atoms with E-state index in [2.05, 4.69) is 10.3 Å². The maximum Gasteiger partial charge on any atom is 0.260 e. The Morgan fingerprint density at radius 2 is 2.22 bits per heavy atom. The van der Waals surface area contributed by atoms with Crippen LogP contribution in [-0.2, 0) is 4.74 Å². The van der Waals surface area contributed by atoms with E-state index < -0.39 is 0 Å². The summed E-state index contributed by atoms with van der Waals surface area (Å²) in [6, 6.07) is 10.4. The number of carbonyl (C=O) groups excluding carboxylic acids is 1. The van der Waals surface area contributed by atoms with Gasteiger partial charge in [0.25, 0.3) is 5.91 Å². The number of pyridine rings is 1. The molecule has 1 unspecified atom stereocenters. The van der Waals surface area contributed by atoms with E-state index in [4.69, 9.17) is 21.1 Å². The Balaban J connectivity index is 1.68. The largest absolute Gasteiger partial charge is 0.490 e. The van der Waals surface area contributed by atoms with Gasteiger partial charge in [0.05, 0.1) is 16.7 Å². The van der Waals surface area contributed by atoms with Crippen LogP contribution in [0.15, 0.2) is 42.6 Å². The molecule has 0 radical (unpaired) electrons. The Morgan fingerprint density at radius 3 is 2.96 bits per heavy atom. The highest BCUT2D eigenvalue weighted by Crippen LogP contribution is 2.21. The van der Waals surface area contributed by atoms with Crippen molar-refractivity contribution in [2.24, 2.45) is 0 Å². The minimum absolute atomic E-state index is 0.101. The molecule has 1 aromatic heterocycles. The van der Waals surface area contributed by atoms with Crippen molar-refractivity contribution in [3.63, 3.8) is 0 Å². The molecule has 5 nitrogen and oxygen atoms in total. The fraction of sp³-hybridized carbons (Fsp3) is 0.294. The molecule has 1 N–H and O–H groups in total. The fourth-order valence-corrected chi connectivity index (χ4v) is 2.48. The normalized spacial score (nSPS) is 17.0. The highest BCUT2D eigenvalue weighted by atomic mass is 35.5. The SMILES string of the molecule is O=C(Nc1ccc(Cl)cn1)c1ccccc1OCC1CCCO1. The molecular weight excluding hydrogens is 316 g/mol. The summed E-state index contributed by atoms with van der Waals surface area (Å²) < 4.78 is 11.3. The van der Waals surface area contributed by atoms with Gasteiger partial charge in [-0.1, -0.05) is 23.7 Å². The number of hydrogen-bond acceptors (Lipinski definition) is 4. The fourth-order valence-electron chi connectivity index (χ4n) is 2.37. The second-order valence-electron chi connectivity index (χ2n) is 5.26. The molecule has 0 bridgehead atoms. The minimum Gasteiger partial charge on any atom is -0.490 e. The van der Waals surface area contributed by atoms with Crippen LogP contribution >= 0.6 is 11.6 Å². The van der Waals surface area contributed by atoms with Crippen molar-refractivity contribution in [3.05, 3.63) is 53.2 Å². The van der Waals surface area contributed by atoms with Crippen LogP contribution in [0.25, 0.3) is 0 Å². The zero-order valence-corrected chi connectivity index (χ0v) is 13.3. The lowest BCUT2D eigenvalue weighted by atomic mass is 10.2. The van der Waals surface area contributed by atoms with Crippen molar-refractivity contribution in [1.29, 1.82) is 0 Å². The third kappa shape index (κ3) is 4.21. The van der Waals surface area contributed by atoms with Crippen molar-refractivity contribution in [2.45, 2.75) is 18.9 Å². The summed E-state index contributed by atoms with van der Waals surface area (Å²) in [5.74, 6) is 0.700. The summed E-state index contributed by atoms with van der Waals surface area (Å²) in [5, 5.41) is 3.25. The van der Waals surface area contributed by atoms with E-state index in [0.717, 1.165) is 19.4 Å². The third-order valence-electron chi connectivity index (χ3n) is 3.55. The summed E-state index contributed by atoms with van der Waals surface area (Å²) in [6.07, 6.45) is 3.63. The number of nitrogens with zero attached hydrogens (tertiary/aromatic N) is 1. The first-order chi connectivity index (χ1) is 11.2. The summed E-state index contributed by atoms with van der Waals surface area (Å²) in [6.45, 7) is 1.22. The first kappa shape index (κ1) is 15.8. The molecule has 2 aromatic rings. The second-order valence-corrected chi connectivity index (χ2v) is 5.69. The lowest BCUT2D eigenvalue weighted by Crippen LogP contribution is -2.19. The Labute approximate surface area is 139 Å². The van der Waals surface area contributed by atoms with E-state index in [-0.39, 0.29) is 12.0 Å². The van der Waals surface area contributed by atoms with Crippen molar-refractivity contribution in [2.75, 3.05) is 18.5 Å². The molecule has 1 amide bonds. The predicted molar refractivity (Wildman–Crippen MR) is 88.1 cm³/mol. The van der Waals surface area contributed by atoms with E-state index in [1.807, 2.05) is 6.07 Å². The van der Waals surface area contributed by atoms with Gasteiger partial charge in [-0.2, -0.15) is 0 Å². The van der Waals surface area contributed by atoms with E-state index in [1.165, 1.54) is 6.20 Å². The maximum absolute atomic E-state index is 12.4. The smallest absolute Gasteiger partial charge is 0.260 e. The number of para-hydroxylation sites is 1. The van der Waals surface area contributed by atoms with Crippen LogP contribution < -0.4 is 10.1 Å². The standard InChI is InChI=1S/C17H17ClN2O3/c18-12-7-8-16(19-10-12)20-17(21)14-5-1-2-6-15(14)23-11-13-4-3-9-22-13/h1-2,5-8,10,13H,3-4,9,11H2,(H,19,20,21). The van der Waals surface area contributed by atoms with Gasteiger partial charge in [-0.05, 0) is 37.1 Å². The van der Waals surface area contributed by atoms with Crippen LogP contribution in [0.1, 0.15) is 23.2 Å². The number of benzene rings is 1. The molecule has 23 heavy (non-hydrogen) atoms. The summed E-state index contributed by atoms with van der Waals surface area (Å²) in [7, 11) is 0. The molecule has 1 fully saturated rings.